The van der Waals surface area contributed by atoms with E-state index in [1.165, 1.54) is 0 Å². The summed E-state index contributed by atoms with van der Waals surface area (Å²) in [6.45, 7) is 7.33. The summed E-state index contributed by atoms with van der Waals surface area (Å²) in [5.74, 6) is 1.44. The Labute approximate surface area is 115 Å². The summed E-state index contributed by atoms with van der Waals surface area (Å²) in [5.41, 5.74) is 0.892. The molecule has 0 radical (unpaired) electrons. The Morgan fingerprint density at radius 1 is 1.42 bits per heavy atom. The third-order valence-corrected chi connectivity index (χ3v) is 5.07. The first-order valence-corrected chi connectivity index (χ1v) is 8.55. The van der Waals surface area contributed by atoms with Crippen LogP contribution in [0, 0.1) is 5.92 Å². The number of nitrogens with zero attached hydrogens (tertiary/aromatic N) is 2. The summed E-state index contributed by atoms with van der Waals surface area (Å²) >= 11 is 0. The van der Waals surface area contributed by atoms with Crippen molar-refractivity contribution in [3.8, 4) is 0 Å². The molecule has 0 spiro atoms. The van der Waals surface area contributed by atoms with Gasteiger partial charge in [-0.05, 0) is 25.2 Å². The number of aryl methyl sites for hydroxylation is 1. The average Bonchev–Trinajstić information content (AvgIpc) is 2.68. The molecule has 1 unspecified atom stereocenters. The number of hydrogen-bond donors (Lipinski definition) is 1. The molecule has 0 saturated carbocycles. The third kappa shape index (κ3) is 2.84. The Morgan fingerprint density at radius 2 is 2.16 bits per heavy atom. The number of fused-ring (bicyclic) bond motifs is 1. The predicted molar refractivity (Wildman–Crippen MR) is 74.6 cm³/mol. The molecule has 0 bridgehead atoms. The van der Waals surface area contributed by atoms with Gasteiger partial charge in [-0.3, -0.25) is 0 Å². The van der Waals surface area contributed by atoms with Crippen molar-refractivity contribution in [2.75, 3.05) is 6.54 Å². The lowest BCUT2D eigenvalue weighted by Crippen LogP contribution is -2.26. The summed E-state index contributed by atoms with van der Waals surface area (Å²) < 4.78 is 29.2. The lowest BCUT2D eigenvalue weighted by Gasteiger charge is -2.22. The molecule has 0 aromatic carbocycles. The zero-order valence-electron chi connectivity index (χ0n) is 11.9. The molecule has 0 amide bonds. The van der Waals surface area contributed by atoms with Gasteiger partial charge in [0.15, 0.2) is 5.03 Å². The van der Waals surface area contributed by atoms with Gasteiger partial charge in [0, 0.05) is 19.5 Å². The highest BCUT2D eigenvalue weighted by molar-refractivity contribution is 7.89. The van der Waals surface area contributed by atoms with Crippen LogP contribution < -0.4 is 4.72 Å². The van der Waals surface area contributed by atoms with E-state index in [1.807, 2.05) is 0 Å². The predicted octanol–water partition coefficient (Wildman–Crippen LogP) is 1.72. The Morgan fingerprint density at radius 3 is 2.79 bits per heavy atom. The molecule has 19 heavy (non-hydrogen) atoms. The van der Waals surface area contributed by atoms with Crippen LogP contribution in [0.1, 0.15) is 45.1 Å². The highest BCUT2D eigenvalue weighted by Gasteiger charge is 2.29. The van der Waals surface area contributed by atoms with Crippen molar-refractivity contribution in [2.45, 2.75) is 58.0 Å². The molecular weight excluding hydrogens is 262 g/mol. The third-order valence-electron chi connectivity index (χ3n) is 3.56. The molecule has 2 rings (SSSR count). The average molecular weight is 285 g/mol. The zero-order valence-corrected chi connectivity index (χ0v) is 12.8. The van der Waals surface area contributed by atoms with Gasteiger partial charge in [0.1, 0.15) is 5.82 Å². The maximum absolute atomic E-state index is 12.2. The molecule has 2 heterocycles. The second-order valence-electron chi connectivity index (χ2n) is 5.28. The summed E-state index contributed by atoms with van der Waals surface area (Å²) in [5, 5.41) is 0.254. The molecule has 1 aromatic rings. The maximum atomic E-state index is 12.2. The number of aromatic nitrogens is 2. The molecular formula is C13H23N3O2S. The molecule has 1 aliphatic rings. The normalized spacial score (nSPS) is 19.4. The zero-order chi connectivity index (χ0) is 14.0. The van der Waals surface area contributed by atoms with Crippen LogP contribution in [0.3, 0.4) is 0 Å². The van der Waals surface area contributed by atoms with Crippen molar-refractivity contribution in [3.63, 3.8) is 0 Å². The molecule has 1 N–H and O–H groups in total. The van der Waals surface area contributed by atoms with Crippen LogP contribution in [0.25, 0.3) is 0 Å². The number of sulfonamides is 1. The van der Waals surface area contributed by atoms with Crippen molar-refractivity contribution in [3.05, 3.63) is 11.5 Å². The minimum Gasteiger partial charge on any atom is -0.331 e. The molecule has 5 nitrogen and oxygen atoms in total. The fourth-order valence-corrected chi connectivity index (χ4v) is 3.89. The quantitative estimate of drug-likeness (QED) is 0.896. The molecule has 0 saturated heterocycles. The molecule has 6 heteroatoms. The Kier molecular flexibility index (Phi) is 4.30. The second kappa shape index (κ2) is 5.63. The van der Waals surface area contributed by atoms with Crippen molar-refractivity contribution in [2.24, 2.45) is 5.92 Å². The van der Waals surface area contributed by atoms with Crippen molar-refractivity contribution in [1.29, 1.82) is 0 Å². The molecule has 108 valence electrons. The van der Waals surface area contributed by atoms with Crippen LogP contribution in [0.5, 0.6) is 0 Å². The molecule has 1 atom stereocenters. The smallest absolute Gasteiger partial charge is 0.259 e. The van der Waals surface area contributed by atoms with E-state index < -0.39 is 10.0 Å². The van der Waals surface area contributed by atoms with E-state index in [0.29, 0.717) is 12.5 Å². The molecule has 1 aliphatic heterocycles. The van der Waals surface area contributed by atoms with Gasteiger partial charge < -0.3 is 4.57 Å². The topological polar surface area (TPSA) is 64.0 Å². The maximum Gasteiger partial charge on any atom is 0.259 e. The van der Waals surface area contributed by atoms with Gasteiger partial charge in [-0.2, -0.15) is 0 Å². The van der Waals surface area contributed by atoms with Crippen LogP contribution in [-0.4, -0.2) is 24.5 Å². The lowest BCUT2D eigenvalue weighted by atomic mass is 9.98. The van der Waals surface area contributed by atoms with E-state index in [0.717, 1.165) is 43.7 Å². The molecule has 0 aliphatic carbocycles. The van der Waals surface area contributed by atoms with Crippen molar-refractivity contribution >= 4 is 10.0 Å². The highest BCUT2D eigenvalue weighted by Crippen LogP contribution is 2.27. The monoisotopic (exact) mass is 285 g/mol. The van der Waals surface area contributed by atoms with Gasteiger partial charge >= 0.3 is 0 Å². The highest BCUT2D eigenvalue weighted by atomic mass is 32.2. The van der Waals surface area contributed by atoms with E-state index in [-0.39, 0.29) is 5.03 Å². The SMILES string of the molecule is CCCc1nc(S(=O)(=O)NCC)c2n1CCC(C)C2. The number of nitrogens with one attached hydrogen (secondary N) is 1. The van der Waals surface area contributed by atoms with E-state index >= 15 is 0 Å². The van der Waals surface area contributed by atoms with E-state index in [4.69, 9.17) is 0 Å². The largest absolute Gasteiger partial charge is 0.331 e. The van der Waals surface area contributed by atoms with Crippen LogP contribution in [0.2, 0.25) is 0 Å². The van der Waals surface area contributed by atoms with Crippen molar-refractivity contribution in [1.82, 2.24) is 14.3 Å². The Hall–Kier alpha value is -0.880. The Balaban J connectivity index is 2.49. The fourth-order valence-electron chi connectivity index (χ4n) is 2.64. The van der Waals surface area contributed by atoms with Gasteiger partial charge in [-0.25, -0.2) is 18.1 Å². The van der Waals surface area contributed by atoms with Crippen LogP contribution in [0.4, 0.5) is 0 Å². The van der Waals surface area contributed by atoms with Gasteiger partial charge in [-0.15, -0.1) is 0 Å². The first kappa shape index (κ1) is 14.5. The van der Waals surface area contributed by atoms with Crippen LogP contribution in [0.15, 0.2) is 5.03 Å². The van der Waals surface area contributed by atoms with Gasteiger partial charge in [0.2, 0.25) is 0 Å². The molecule has 0 fully saturated rings. The lowest BCUT2D eigenvalue weighted by molar-refractivity contribution is 0.404. The standard InChI is InChI=1S/C13H23N3O2S/c1-4-6-12-15-13(19(17,18)14-5-2)11-9-10(3)7-8-16(11)12/h10,14H,4-9H2,1-3H3. The van der Waals surface area contributed by atoms with E-state index in [1.54, 1.807) is 6.92 Å². The Bertz CT molecular complexity index is 548. The molecule has 1 aromatic heterocycles. The summed E-state index contributed by atoms with van der Waals surface area (Å²) in [6, 6.07) is 0. The van der Waals surface area contributed by atoms with Gasteiger partial charge in [0.05, 0.1) is 5.69 Å². The van der Waals surface area contributed by atoms with Crippen LogP contribution >= 0.6 is 0 Å². The number of hydrogen-bond acceptors (Lipinski definition) is 3. The van der Waals surface area contributed by atoms with Crippen molar-refractivity contribution < 1.29 is 8.42 Å². The minimum atomic E-state index is -3.45. The van der Waals surface area contributed by atoms with Gasteiger partial charge in [-0.1, -0.05) is 20.8 Å². The van der Waals surface area contributed by atoms with E-state index in [2.05, 4.69) is 28.1 Å². The number of rotatable bonds is 5. The van der Waals surface area contributed by atoms with E-state index in [9.17, 15) is 8.42 Å². The fraction of sp³-hybridized carbons (Fsp3) is 0.769. The summed E-state index contributed by atoms with van der Waals surface area (Å²) in [7, 11) is -3.45. The van der Waals surface area contributed by atoms with Crippen LogP contribution in [-0.2, 0) is 29.4 Å². The summed E-state index contributed by atoms with van der Waals surface area (Å²) in [6.07, 6.45) is 3.72. The second-order valence-corrected chi connectivity index (χ2v) is 6.96. The number of imidazole rings is 1. The first-order valence-electron chi connectivity index (χ1n) is 7.07. The first-order chi connectivity index (χ1) is 8.99. The minimum absolute atomic E-state index is 0.254. The summed E-state index contributed by atoms with van der Waals surface area (Å²) in [4.78, 5) is 4.42. The van der Waals surface area contributed by atoms with Gasteiger partial charge in [0.25, 0.3) is 10.0 Å².